The second-order valence-corrected chi connectivity index (χ2v) is 2.85. The zero-order valence-corrected chi connectivity index (χ0v) is 7.08. The maximum absolute atomic E-state index is 11.6. The lowest BCUT2D eigenvalue weighted by Crippen LogP contribution is -2.36. The van der Waals surface area contributed by atoms with E-state index in [1.165, 1.54) is 7.05 Å². The molecule has 0 spiro atoms. The molecule has 0 bridgehead atoms. The SMILES string of the molecule is C[N+]1([O-])N=NN=C1c1ccccc1. The Kier molecular flexibility index (Phi) is 1.68. The van der Waals surface area contributed by atoms with Crippen molar-refractivity contribution < 1.29 is 4.76 Å². The van der Waals surface area contributed by atoms with E-state index in [2.05, 4.69) is 15.5 Å². The van der Waals surface area contributed by atoms with Crippen molar-refractivity contribution in [2.45, 2.75) is 0 Å². The average Bonchev–Trinajstić information content (AvgIpc) is 2.47. The molecule has 0 N–H and O–H groups in total. The molecule has 0 aliphatic carbocycles. The van der Waals surface area contributed by atoms with E-state index in [0.717, 1.165) is 5.56 Å². The molecule has 66 valence electrons. The minimum Gasteiger partial charge on any atom is -0.597 e. The van der Waals surface area contributed by atoms with Crippen molar-refractivity contribution in [3.63, 3.8) is 0 Å². The molecule has 0 saturated carbocycles. The maximum atomic E-state index is 11.6. The van der Waals surface area contributed by atoms with E-state index >= 15 is 0 Å². The van der Waals surface area contributed by atoms with Gasteiger partial charge in [-0.05, 0) is 12.1 Å². The van der Waals surface area contributed by atoms with E-state index in [9.17, 15) is 5.21 Å². The molecular formula is C8H8N4O. The van der Waals surface area contributed by atoms with Crippen LogP contribution in [0.5, 0.6) is 0 Å². The standard InChI is InChI=1S/C8H8N4O/c1-12(13)8(9-10-11-12)7-5-3-2-4-6-7/h2-6H,1H3. The molecule has 1 aliphatic rings. The largest absolute Gasteiger partial charge is 0.597 e. The van der Waals surface area contributed by atoms with Crippen molar-refractivity contribution in [3.05, 3.63) is 41.1 Å². The van der Waals surface area contributed by atoms with E-state index in [1.54, 1.807) is 0 Å². The summed E-state index contributed by atoms with van der Waals surface area (Å²) in [6, 6.07) is 9.18. The number of amidine groups is 1. The molecule has 1 unspecified atom stereocenters. The first-order chi connectivity index (χ1) is 6.20. The Morgan fingerprint density at radius 3 is 2.46 bits per heavy atom. The van der Waals surface area contributed by atoms with E-state index in [4.69, 9.17) is 0 Å². The molecule has 1 aromatic rings. The van der Waals surface area contributed by atoms with Gasteiger partial charge in [0, 0.05) is 5.22 Å². The number of benzene rings is 1. The summed E-state index contributed by atoms with van der Waals surface area (Å²) in [6.07, 6.45) is 0. The molecule has 2 rings (SSSR count). The van der Waals surface area contributed by atoms with Crippen LogP contribution in [0.2, 0.25) is 0 Å². The van der Waals surface area contributed by atoms with Gasteiger partial charge in [-0.2, -0.15) is 4.76 Å². The van der Waals surface area contributed by atoms with Crippen LogP contribution in [0.15, 0.2) is 45.9 Å². The van der Waals surface area contributed by atoms with Gasteiger partial charge in [0.15, 0.2) is 0 Å². The van der Waals surface area contributed by atoms with Crippen molar-refractivity contribution in [2.75, 3.05) is 7.05 Å². The summed E-state index contributed by atoms with van der Waals surface area (Å²) in [5, 5.41) is 22.1. The summed E-state index contributed by atoms with van der Waals surface area (Å²) in [4.78, 5) is 0. The van der Waals surface area contributed by atoms with Crippen molar-refractivity contribution in [3.8, 4) is 0 Å². The maximum Gasteiger partial charge on any atom is 0.284 e. The third kappa shape index (κ3) is 1.34. The van der Waals surface area contributed by atoms with E-state index < -0.39 is 4.76 Å². The Morgan fingerprint density at radius 2 is 1.92 bits per heavy atom. The Bertz CT molecular complexity index is 369. The highest BCUT2D eigenvalue weighted by Crippen LogP contribution is 2.17. The molecule has 0 saturated heterocycles. The van der Waals surface area contributed by atoms with Crippen LogP contribution in [-0.4, -0.2) is 17.6 Å². The quantitative estimate of drug-likeness (QED) is 0.474. The highest BCUT2D eigenvalue weighted by Gasteiger charge is 2.26. The van der Waals surface area contributed by atoms with Crippen molar-refractivity contribution in [2.24, 2.45) is 15.5 Å². The first-order valence-electron chi connectivity index (χ1n) is 3.84. The third-order valence-electron chi connectivity index (χ3n) is 1.78. The summed E-state index contributed by atoms with van der Waals surface area (Å²) in [6.45, 7) is 0. The zero-order valence-electron chi connectivity index (χ0n) is 7.08. The number of hydrogen-bond donors (Lipinski definition) is 0. The number of nitrogens with zero attached hydrogens (tertiary/aromatic N) is 4. The van der Waals surface area contributed by atoms with Crippen molar-refractivity contribution >= 4 is 5.84 Å². The van der Waals surface area contributed by atoms with Gasteiger partial charge in [-0.3, -0.25) is 0 Å². The van der Waals surface area contributed by atoms with Gasteiger partial charge in [-0.15, -0.1) is 0 Å². The van der Waals surface area contributed by atoms with Gasteiger partial charge in [-0.1, -0.05) is 23.3 Å². The van der Waals surface area contributed by atoms with Gasteiger partial charge in [0.25, 0.3) is 5.84 Å². The highest BCUT2D eigenvalue weighted by molar-refractivity contribution is 5.93. The molecule has 0 aromatic heterocycles. The summed E-state index contributed by atoms with van der Waals surface area (Å²) >= 11 is 0. The van der Waals surface area contributed by atoms with Gasteiger partial charge in [0.1, 0.15) is 7.05 Å². The molecule has 5 heteroatoms. The fourth-order valence-electron chi connectivity index (χ4n) is 1.15. The van der Waals surface area contributed by atoms with E-state index in [0.29, 0.717) is 5.84 Å². The first kappa shape index (κ1) is 8.03. The van der Waals surface area contributed by atoms with Crippen molar-refractivity contribution in [1.29, 1.82) is 0 Å². The molecule has 5 nitrogen and oxygen atoms in total. The zero-order chi connectivity index (χ0) is 9.31. The lowest BCUT2D eigenvalue weighted by atomic mass is 10.2. The van der Waals surface area contributed by atoms with Crippen LogP contribution < -0.4 is 0 Å². The summed E-state index contributed by atoms with van der Waals surface area (Å²) in [7, 11) is 1.39. The molecule has 13 heavy (non-hydrogen) atoms. The molecule has 0 fully saturated rings. The van der Waals surface area contributed by atoms with Crippen LogP contribution >= 0.6 is 0 Å². The smallest absolute Gasteiger partial charge is 0.284 e. The van der Waals surface area contributed by atoms with Crippen LogP contribution in [0.4, 0.5) is 0 Å². The van der Waals surface area contributed by atoms with Crippen LogP contribution in [0.25, 0.3) is 0 Å². The van der Waals surface area contributed by atoms with E-state index in [1.807, 2.05) is 30.3 Å². The Hall–Kier alpha value is -1.59. The molecule has 0 amide bonds. The minimum atomic E-state index is -0.885. The molecule has 1 aromatic carbocycles. The highest BCUT2D eigenvalue weighted by atomic mass is 16.6. The minimum absolute atomic E-state index is 0.320. The number of quaternary nitrogens is 1. The average molecular weight is 176 g/mol. The lowest BCUT2D eigenvalue weighted by molar-refractivity contribution is -0.774. The Balaban J connectivity index is 2.40. The molecule has 1 heterocycles. The summed E-state index contributed by atoms with van der Waals surface area (Å²) < 4.78 is -0.885. The first-order valence-corrected chi connectivity index (χ1v) is 3.84. The van der Waals surface area contributed by atoms with Crippen molar-refractivity contribution in [1.82, 2.24) is 0 Å². The summed E-state index contributed by atoms with van der Waals surface area (Å²) in [5.41, 5.74) is 0.755. The van der Waals surface area contributed by atoms with Gasteiger partial charge in [0.05, 0.1) is 10.8 Å². The summed E-state index contributed by atoms with van der Waals surface area (Å²) in [5.74, 6) is 0.320. The predicted octanol–water partition coefficient (Wildman–Crippen LogP) is 1.67. The number of hydrogen-bond acceptors (Lipinski definition) is 4. The lowest BCUT2D eigenvalue weighted by Gasteiger charge is -2.24. The number of hydroxylamine groups is 2. The topological polar surface area (TPSA) is 60.1 Å². The van der Waals surface area contributed by atoms with Gasteiger partial charge in [-0.25, -0.2) is 0 Å². The molecule has 0 radical (unpaired) electrons. The van der Waals surface area contributed by atoms with Crippen LogP contribution in [0, 0.1) is 5.21 Å². The normalized spacial score (nSPS) is 26.2. The van der Waals surface area contributed by atoms with Crippen LogP contribution in [0.1, 0.15) is 5.56 Å². The second kappa shape index (κ2) is 2.72. The predicted molar refractivity (Wildman–Crippen MR) is 47.4 cm³/mol. The van der Waals surface area contributed by atoms with Gasteiger partial charge in [0.2, 0.25) is 0 Å². The number of rotatable bonds is 1. The van der Waals surface area contributed by atoms with Crippen LogP contribution in [-0.2, 0) is 0 Å². The van der Waals surface area contributed by atoms with Gasteiger partial charge >= 0.3 is 0 Å². The van der Waals surface area contributed by atoms with Crippen LogP contribution in [0.3, 0.4) is 0 Å². The molecule has 1 atom stereocenters. The fraction of sp³-hybridized carbons (Fsp3) is 0.125. The van der Waals surface area contributed by atoms with Gasteiger partial charge < -0.3 is 5.21 Å². The Labute approximate surface area is 75.2 Å². The third-order valence-corrected chi connectivity index (χ3v) is 1.78. The van der Waals surface area contributed by atoms with E-state index in [-0.39, 0.29) is 0 Å². The monoisotopic (exact) mass is 176 g/mol. The Morgan fingerprint density at radius 1 is 1.23 bits per heavy atom. The molecule has 1 aliphatic heterocycles. The molecular weight excluding hydrogens is 168 g/mol. The second-order valence-electron chi connectivity index (χ2n) is 2.85. The fourth-order valence-corrected chi connectivity index (χ4v) is 1.15.